The van der Waals surface area contributed by atoms with Gasteiger partial charge in [0.2, 0.25) is 0 Å². The van der Waals surface area contributed by atoms with Crippen molar-refractivity contribution in [3.05, 3.63) is 18.2 Å². The number of carboxylic acid groups (broad SMARTS) is 1. The molecule has 1 rings (SSSR count). The fraction of sp³-hybridized carbons (Fsp3) is 0.500. The number of benzene rings is 1. The fourth-order valence-corrected chi connectivity index (χ4v) is 2.11. The monoisotopic (exact) mass is 267 g/mol. The first kappa shape index (κ1) is 15.1. The average molecular weight is 267 g/mol. The molecular weight excluding hydrogens is 246 g/mol. The number of ether oxygens (including phenoxy) is 2. The summed E-state index contributed by atoms with van der Waals surface area (Å²) >= 11 is 0. The van der Waals surface area contributed by atoms with Crippen molar-refractivity contribution in [1.29, 1.82) is 0 Å². The van der Waals surface area contributed by atoms with Crippen LogP contribution >= 0.6 is 0 Å². The molecule has 5 nitrogen and oxygen atoms in total. The molecule has 1 N–H and O–H groups in total. The Hall–Kier alpha value is -1.91. The largest absolute Gasteiger partial charge is 0.497 e. The first-order valence-electron chi connectivity index (χ1n) is 6.30. The summed E-state index contributed by atoms with van der Waals surface area (Å²) in [5.74, 6) is 0.478. The van der Waals surface area contributed by atoms with Crippen molar-refractivity contribution >= 4 is 11.7 Å². The number of anilines is 1. The first-order valence-corrected chi connectivity index (χ1v) is 6.30. The predicted octanol–water partition coefficient (Wildman–Crippen LogP) is 2.39. The lowest BCUT2D eigenvalue weighted by Crippen LogP contribution is -2.41. The molecule has 0 bridgehead atoms. The third-order valence-corrected chi connectivity index (χ3v) is 3.08. The SMILES string of the molecule is CCC(C(=O)O)N(CC)c1cc(OC)ccc1OC. The van der Waals surface area contributed by atoms with Crippen LogP contribution in [0.15, 0.2) is 18.2 Å². The van der Waals surface area contributed by atoms with Crippen LogP contribution in [0.2, 0.25) is 0 Å². The summed E-state index contributed by atoms with van der Waals surface area (Å²) in [6.45, 7) is 4.35. The molecule has 0 aliphatic heterocycles. The molecule has 0 saturated carbocycles. The molecule has 0 amide bonds. The second-order valence-electron chi connectivity index (χ2n) is 4.09. The highest BCUT2D eigenvalue weighted by Crippen LogP contribution is 2.33. The van der Waals surface area contributed by atoms with Gasteiger partial charge in [-0.25, -0.2) is 4.79 Å². The van der Waals surface area contributed by atoms with Crippen LogP contribution in [0.1, 0.15) is 20.3 Å². The van der Waals surface area contributed by atoms with Crippen molar-refractivity contribution in [2.24, 2.45) is 0 Å². The zero-order chi connectivity index (χ0) is 14.4. The maximum absolute atomic E-state index is 11.3. The van der Waals surface area contributed by atoms with Gasteiger partial charge in [0.05, 0.1) is 19.9 Å². The van der Waals surface area contributed by atoms with E-state index in [0.29, 0.717) is 24.5 Å². The summed E-state index contributed by atoms with van der Waals surface area (Å²) in [5.41, 5.74) is 0.735. The first-order chi connectivity index (χ1) is 9.08. The van der Waals surface area contributed by atoms with Crippen LogP contribution in [0.4, 0.5) is 5.69 Å². The van der Waals surface area contributed by atoms with E-state index in [1.54, 1.807) is 32.4 Å². The van der Waals surface area contributed by atoms with Crippen molar-refractivity contribution in [1.82, 2.24) is 0 Å². The highest BCUT2D eigenvalue weighted by atomic mass is 16.5. The van der Waals surface area contributed by atoms with Crippen LogP contribution in [-0.2, 0) is 4.79 Å². The van der Waals surface area contributed by atoms with E-state index in [1.165, 1.54) is 0 Å². The molecule has 1 atom stereocenters. The molecule has 0 heterocycles. The molecule has 1 aromatic carbocycles. The molecule has 0 saturated heterocycles. The molecule has 106 valence electrons. The van der Waals surface area contributed by atoms with E-state index < -0.39 is 12.0 Å². The maximum Gasteiger partial charge on any atom is 0.326 e. The highest BCUT2D eigenvalue weighted by Gasteiger charge is 2.25. The lowest BCUT2D eigenvalue weighted by molar-refractivity contribution is -0.138. The van der Waals surface area contributed by atoms with E-state index in [-0.39, 0.29) is 0 Å². The van der Waals surface area contributed by atoms with Crippen molar-refractivity contribution < 1.29 is 19.4 Å². The Morgan fingerprint density at radius 1 is 1.32 bits per heavy atom. The van der Waals surface area contributed by atoms with Gasteiger partial charge in [0.15, 0.2) is 0 Å². The number of hydrogen-bond donors (Lipinski definition) is 1. The Morgan fingerprint density at radius 3 is 2.42 bits per heavy atom. The van der Waals surface area contributed by atoms with Crippen LogP contribution in [0, 0.1) is 0 Å². The Morgan fingerprint density at radius 2 is 2.00 bits per heavy atom. The minimum Gasteiger partial charge on any atom is -0.497 e. The van der Waals surface area contributed by atoms with Crippen molar-refractivity contribution in [3.8, 4) is 11.5 Å². The minimum absolute atomic E-state index is 0.517. The van der Waals surface area contributed by atoms with Gasteiger partial charge < -0.3 is 19.5 Å². The predicted molar refractivity (Wildman–Crippen MR) is 74.3 cm³/mol. The van der Waals surface area contributed by atoms with Gasteiger partial charge in [0, 0.05) is 12.6 Å². The van der Waals surface area contributed by atoms with Gasteiger partial charge in [-0.2, -0.15) is 0 Å². The molecule has 0 aliphatic carbocycles. The Kier molecular flexibility index (Phi) is 5.48. The summed E-state index contributed by atoms with van der Waals surface area (Å²) in [5, 5.41) is 9.31. The summed E-state index contributed by atoms with van der Waals surface area (Å²) in [7, 11) is 3.15. The van der Waals surface area contributed by atoms with Crippen LogP contribution in [0.25, 0.3) is 0 Å². The Labute approximate surface area is 113 Å². The van der Waals surface area contributed by atoms with Crippen LogP contribution in [0.3, 0.4) is 0 Å². The van der Waals surface area contributed by atoms with Crippen LogP contribution < -0.4 is 14.4 Å². The average Bonchev–Trinajstić information content (AvgIpc) is 2.43. The van der Waals surface area contributed by atoms with E-state index in [9.17, 15) is 9.90 Å². The van der Waals surface area contributed by atoms with E-state index >= 15 is 0 Å². The summed E-state index contributed by atoms with van der Waals surface area (Å²) in [6, 6.07) is 4.79. The third kappa shape index (κ3) is 3.30. The van der Waals surface area contributed by atoms with E-state index in [2.05, 4.69) is 0 Å². The normalized spacial score (nSPS) is 11.8. The topological polar surface area (TPSA) is 59.0 Å². The summed E-state index contributed by atoms with van der Waals surface area (Å²) in [6.07, 6.45) is 0.517. The van der Waals surface area contributed by atoms with E-state index in [4.69, 9.17) is 9.47 Å². The smallest absolute Gasteiger partial charge is 0.326 e. The summed E-state index contributed by atoms with van der Waals surface area (Å²) < 4.78 is 10.5. The lowest BCUT2D eigenvalue weighted by atomic mass is 10.1. The molecule has 5 heteroatoms. The Balaban J connectivity index is 3.25. The van der Waals surface area contributed by atoms with Crippen molar-refractivity contribution in [3.63, 3.8) is 0 Å². The van der Waals surface area contributed by atoms with E-state index in [0.717, 1.165) is 5.69 Å². The van der Waals surface area contributed by atoms with Gasteiger partial charge in [-0.15, -0.1) is 0 Å². The van der Waals surface area contributed by atoms with E-state index in [1.807, 2.05) is 18.7 Å². The number of rotatable bonds is 7. The van der Waals surface area contributed by atoms with Crippen LogP contribution in [0.5, 0.6) is 11.5 Å². The zero-order valence-electron chi connectivity index (χ0n) is 11.8. The molecule has 19 heavy (non-hydrogen) atoms. The van der Waals surface area contributed by atoms with Gasteiger partial charge in [-0.3, -0.25) is 0 Å². The highest BCUT2D eigenvalue weighted by molar-refractivity contribution is 5.79. The molecule has 0 fully saturated rings. The van der Waals surface area contributed by atoms with Crippen molar-refractivity contribution in [2.75, 3.05) is 25.7 Å². The number of carbonyl (C=O) groups is 1. The maximum atomic E-state index is 11.3. The second-order valence-corrected chi connectivity index (χ2v) is 4.09. The second kappa shape index (κ2) is 6.87. The quantitative estimate of drug-likeness (QED) is 0.822. The minimum atomic E-state index is -0.839. The van der Waals surface area contributed by atoms with Crippen molar-refractivity contribution in [2.45, 2.75) is 26.3 Å². The fourth-order valence-electron chi connectivity index (χ4n) is 2.11. The van der Waals surface area contributed by atoms with Gasteiger partial charge >= 0.3 is 5.97 Å². The molecule has 0 spiro atoms. The Bertz CT molecular complexity index is 433. The number of aliphatic carboxylic acids is 1. The third-order valence-electron chi connectivity index (χ3n) is 3.08. The molecule has 0 aromatic heterocycles. The van der Waals surface area contributed by atoms with Gasteiger partial charge in [0.25, 0.3) is 0 Å². The van der Waals surface area contributed by atoms with Gasteiger partial charge in [-0.1, -0.05) is 6.92 Å². The molecule has 1 aromatic rings. The molecular formula is C14H21NO4. The number of likely N-dealkylation sites (N-methyl/N-ethyl adjacent to an activating group) is 1. The molecule has 0 radical (unpaired) electrons. The van der Waals surface area contributed by atoms with Gasteiger partial charge in [0.1, 0.15) is 17.5 Å². The molecule has 0 aliphatic rings. The standard InChI is InChI=1S/C14H21NO4/c1-5-11(14(16)17)15(6-2)12-9-10(18-3)7-8-13(12)19-4/h7-9,11H,5-6H2,1-4H3,(H,16,17). The number of hydrogen-bond acceptors (Lipinski definition) is 4. The summed E-state index contributed by atoms with van der Waals surface area (Å²) in [4.78, 5) is 13.2. The van der Waals surface area contributed by atoms with Gasteiger partial charge in [-0.05, 0) is 25.5 Å². The molecule has 1 unspecified atom stereocenters. The number of methoxy groups -OCH3 is 2. The lowest BCUT2D eigenvalue weighted by Gasteiger charge is -2.30. The van der Waals surface area contributed by atoms with Crippen LogP contribution in [-0.4, -0.2) is 37.9 Å². The zero-order valence-corrected chi connectivity index (χ0v) is 11.8. The number of nitrogens with zero attached hydrogens (tertiary/aromatic N) is 1. The number of carboxylic acids is 1.